The zero-order valence-corrected chi connectivity index (χ0v) is 10.7. The molecule has 1 heterocycles. The smallest absolute Gasteiger partial charge is 0.338 e. The number of benzene rings is 1. The Kier molecular flexibility index (Phi) is 2.95. The molecule has 0 radical (unpaired) electrons. The van der Waals surface area contributed by atoms with Gasteiger partial charge in [-0.1, -0.05) is 12.1 Å². The van der Waals surface area contributed by atoms with Crippen LogP contribution in [0.2, 0.25) is 0 Å². The minimum absolute atomic E-state index is 0.283. The van der Waals surface area contributed by atoms with E-state index >= 15 is 0 Å². The van der Waals surface area contributed by atoms with E-state index in [2.05, 4.69) is 0 Å². The van der Waals surface area contributed by atoms with E-state index in [1.807, 2.05) is 24.5 Å². The van der Waals surface area contributed by atoms with E-state index in [0.29, 0.717) is 28.6 Å². The Morgan fingerprint density at radius 1 is 1.39 bits per heavy atom. The molecule has 4 nitrogen and oxygen atoms in total. The summed E-state index contributed by atoms with van der Waals surface area (Å²) in [5.41, 5.74) is 3.03. The molecule has 0 atom stereocenters. The average molecular weight is 245 g/mol. The highest BCUT2D eigenvalue weighted by Gasteiger charge is 2.20. The molecule has 2 rings (SSSR count). The Morgan fingerprint density at radius 2 is 2.06 bits per heavy atom. The number of aromatic nitrogens is 1. The number of hydrogen-bond donors (Lipinski definition) is 1. The van der Waals surface area contributed by atoms with Gasteiger partial charge in [0.1, 0.15) is 0 Å². The molecule has 0 aliphatic rings. The maximum Gasteiger partial charge on any atom is 0.338 e. The Labute approximate surface area is 105 Å². The molecule has 0 aliphatic heterocycles. The second-order valence-corrected chi connectivity index (χ2v) is 4.32. The van der Waals surface area contributed by atoms with Crippen molar-refractivity contribution in [2.45, 2.75) is 27.3 Å². The number of carboxylic acids is 1. The van der Waals surface area contributed by atoms with Crippen LogP contribution in [0.5, 0.6) is 0 Å². The van der Waals surface area contributed by atoms with Crippen molar-refractivity contribution >= 4 is 23.2 Å². The predicted molar refractivity (Wildman–Crippen MR) is 69.4 cm³/mol. The van der Waals surface area contributed by atoms with Gasteiger partial charge < -0.3 is 9.67 Å². The minimum Gasteiger partial charge on any atom is -0.478 e. The van der Waals surface area contributed by atoms with Crippen molar-refractivity contribution in [2.75, 3.05) is 0 Å². The lowest BCUT2D eigenvalue weighted by atomic mass is 10.0. The largest absolute Gasteiger partial charge is 0.478 e. The first-order chi connectivity index (χ1) is 8.52. The molecule has 0 unspecified atom stereocenters. The fourth-order valence-corrected chi connectivity index (χ4v) is 2.51. The van der Waals surface area contributed by atoms with Gasteiger partial charge in [-0.25, -0.2) is 4.79 Å². The van der Waals surface area contributed by atoms with Crippen LogP contribution in [0.1, 0.15) is 38.9 Å². The van der Waals surface area contributed by atoms with Crippen LogP contribution in [0, 0.1) is 13.8 Å². The molecular formula is C14H15NO3. The fourth-order valence-electron chi connectivity index (χ4n) is 2.51. The van der Waals surface area contributed by atoms with Crippen LogP contribution in [-0.2, 0) is 6.54 Å². The van der Waals surface area contributed by atoms with Crippen LogP contribution >= 0.6 is 0 Å². The molecule has 18 heavy (non-hydrogen) atoms. The Hall–Kier alpha value is -2.10. The van der Waals surface area contributed by atoms with E-state index in [-0.39, 0.29) is 5.56 Å². The van der Waals surface area contributed by atoms with Gasteiger partial charge in [-0.2, -0.15) is 0 Å². The highest BCUT2D eigenvalue weighted by Crippen LogP contribution is 2.29. The van der Waals surface area contributed by atoms with Crippen molar-refractivity contribution in [3.8, 4) is 0 Å². The third kappa shape index (κ3) is 1.53. The fraction of sp³-hybridized carbons (Fsp3) is 0.286. The predicted octanol–water partition coefficient (Wildman–Crippen LogP) is 2.79. The Balaban J connectivity index is 3.05. The van der Waals surface area contributed by atoms with Crippen molar-refractivity contribution in [1.29, 1.82) is 0 Å². The summed E-state index contributed by atoms with van der Waals surface area (Å²) in [4.78, 5) is 22.6. The van der Waals surface area contributed by atoms with Gasteiger partial charge in [-0.3, -0.25) is 4.79 Å². The standard InChI is InChI=1S/C14H15NO3/c1-4-15-9(3)11(7-16)10-6-5-8(2)12(13(10)15)14(17)18/h5-7H,4H2,1-3H3,(H,17,18). The third-order valence-corrected chi connectivity index (χ3v) is 3.39. The van der Waals surface area contributed by atoms with E-state index in [1.165, 1.54) is 0 Å². The van der Waals surface area contributed by atoms with Crippen LogP contribution in [-0.4, -0.2) is 21.9 Å². The first-order valence-electron chi connectivity index (χ1n) is 5.83. The van der Waals surface area contributed by atoms with Crippen molar-refractivity contribution in [3.63, 3.8) is 0 Å². The molecule has 2 aromatic rings. The van der Waals surface area contributed by atoms with Crippen LogP contribution in [0.4, 0.5) is 0 Å². The first-order valence-corrected chi connectivity index (χ1v) is 5.83. The molecule has 1 aromatic carbocycles. The summed E-state index contributed by atoms with van der Waals surface area (Å²) in [6.45, 7) is 6.19. The number of carbonyl (C=O) groups excluding carboxylic acids is 1. The van der Waals surface area contributed by atoms with Crippen molar-refractivity contribution in [1.82, 2.24) is 4.57 Å². The highest BCUT2D eigenvalue weighted by atomic mass is 16.4. The number of hydrogen-bond acceptors (Lipinski definition) is 2. The maximum absolute atomic E-state index is 11.4. The van der Waals surface area contributed by atoms with E-state index in [0.717, 1.165) is 12.0 Å². The van der Waals surface area contributed by atoms with Gasteiger partial charge in [0.15, 0.2) is 6.29 Å². The average Bonchev–Trinajstić information content (AvgIpc) is 2.59. The molecule has 0 saturated heterocycles. The number of aromatic carboxylic acids is 1. The minimum atomic E-state index is -0.956. The van der Waals surface area contributed by atoms with E-state index in [4.69, 9.17) is 0 Å². The second-order valence-electron chi connectivity index (χ2n) is 4.32. The summed E-state index contributed by atoms with van der Waals surface area (Å²) in [6, 6.07) is 3.57. The number of aryl methyl sites for hydroxylation is 2. The Morgan fingerprint density at radius 3 is 2.56 bits per heavy atom. The lowest BCUT2D eigenvalue weighted by Gasteiger charge is -2.08. The maximum atomic E-state index is 11.4. The topological polar surface area (TPSA) is 59.3 Å². The molecule has 0 spiro atoms. The van der Waals surface area contributed by atoms with Crippen molar-refractivity contribution < 1.29 is 14.7 Å². The normalized spacial score (nSPS) is 10.8. The van der Waals surface area contributed by atoms with Gasteiger partial charge in [0.2, 0.25) is 0 Å². The molecule has 0 saturated carbocycles. The summed E-state index contributed by atoms with van der Waals surface area (Å²) >= 11 is 0. The number of carbonyl (C=O) groups is 2. The monoisotopic (exact) mass is 245 g/mol. The van der Waals surface area contributed by atoms with Gasteiger partial charge in [-0.15, -0.1) is 0 Å². The number of rotatable bonds is 3. The molecule has 1 aromatic heterocycles. The summed E-state index contributed by atoms with van der Waals surface area (Å²) in [5, 5.41) is 10.1. The van der Waals surface area contributed by atoms with Crippen LogP contribution < -0.4 is 0 Å². The Bertz CT molecular complexity index is 653. The summed E-state index contributed by atoms with van der Waals surface area (Å²) < 4.78 is 1.88. The number of aldehydes is 1. The quantitative estimate of drug-likeness (QED) is 0.846. The van der Waals surface area contributed by atoms with Crippen LogP contribution in [0.3, 0.4) is 0 Å². The van der Waals surface area contributed by atoms with Gasteiger partial charge in [0.25, 0.3) is 0 Å². The number of fused-ring (bicyclic) bond motifs is 1. The molecule has 0 fully saturated rings. The molecular weight excluding hydrogens is 230 g/mol. The lowest BCUT2D eigenvalue weighted by Crippen LogP contribution is -2.05. The summed E-state index contributed by atoms with van der Waals surface area (Å²) in [6.07, 6.45) is 0.796. The van der Waals surface area contributed by atoms with Gasteiger partial charge in [0, 0.05) is 23.2 Å². The SMILES string of the molecule is CCn1c(C)c(C=O)c2ccc(C)c(C(=O)O)c21. The van der Waals surface area contributed by atoms with Crippen molar-refractivity contribution in [2.24, 2.45) is 0 Å². The molecule has 94 valence electrons. The van der Waals surface area contributed by atoms with Crippen LogP contribution in [0.15, 0.2) is 12.1 Å². The molecule has 0 bridgehead atoms. The van der Waals surface area contributed by atoms with Gasteiger partial charge in [0.05, 0.1) is 11.1 Å². The van der Waals surface area contributed by atoms with Gasteiger partial charge >= 0.3 is 5.97 Å². The number of nitrogens with zero attached hydrogens (tertiary/aromatic N) is 1. The molecule has 1 N–H and O–H groups in total. The zero-order valence-electron chi connectivity index (χ0n) is 10.7. The molecule has 0 aliphatic carbocycles. The molecule has 0 amide bonds. The zero-order chi connectivity index (χ0) is 13.4. The first kappa shape index (κ1) is 12.4. The third-order valence-electron chi connectivity index (χ3n) is 3.39. The second kappa shape index (κ2) is 4.29. The van der Waals surface area contributed by atoms with E-state index in [1.54, 1.807) is 13.0 Å². The van der Waals surface area contributed by atoms with Crippen molar-refractivity contribution in [3.05, 3.63) is 34.5 Å². The van der Waals surface area contributed by atoms with Gasteiger partial charge in [-0.05, 0) is 26.3 Å². The molecule has 4 heteroatoms. The van der Waals surface area contributed by atoms with E-state index in [9.17, 15) is 14.7 Å². The highest BCUT2D eigenvalue weighted by molar-refractivity contribution is 6.09. The van der Waals surface area contributed by atoms with Crippen LogP contribution in [0.25, 0.3) is 10.9 Å². The summed E-state index contributed by atoms with van der Waals surface area (Å²) in [5.74, 6) is -0.956. The number of carboxylic acid groups (broad SMARTS) is 1. The summed E-state index contributed by atoms with van der Waals surface area (Å²) in [7, 11) is 0. The van der Waals surface area contributed by atoms with E-state index < -0.39 is 5.97 Å². The lowest BCUT2D eigenvalue weighted by molar-refractivity contribution is 0.0697.